The van der Waals surface area contributed by atoms with Crippen LogP contribution in [0.3, 0.4) is 0 Å². The summed E-state index contributed by atoms with van der Waals surface area (Å²) in [7, 11) is 0. The summed E-state index contributed by atoms with van der Waals surface area (Å²) in [5, 5.41) is 2.90. The standard InChI is InChI=1S/C19H23FN4O2/c20-15-7-5-6-14(12-15)13-26-17-16(22-10-11-23-17)19(24-18(21)25)8-3-1-2-4-9-19/h5-7,10-12H,1-4,8-9,13H2,(H3,21,24,25). The van der Waals surface area contributed by atoms with Gasteiger partial charge in [0.2, 0.25) is 5.88 Å². The van der Waals surface area contributed by atoms with E-state index in [1.54, 1.807) is 24.5 Å². The molecule has 1 heterocycles. The number of nitrogens with two attached hydrogens (primary N) is 1. The number of ether oxygens (including phenoxy) is 1. The third kappa shape index (κ3) is 4.28. The van der Waals surface area contributed by atoms with Crippen molar-refractivity contribution in [3.8, 4) is 5.88 Å². The van der Waals surface area contributed by atoms with E-state index in [-0.39, 0.29) is 12.4 Å². The smallest absolute Gasteiger partial charge is 0.312 e. The van der Waals surface area contributed by atoms with Crippen molar-refractivity contribution in [2.45, 2.75) is 50.7 Å². The fourth-order valence-electron chi connectivity index (χ4n) is 3.53. The highest BCUT2D eigenvalue weighted by Crippen LogP contribution is 2.38. The molecule has 3 rings (SSSR count). The molecule has 2 aromatic rings. The zero-order valence-corrected chi connectivity index (χ0v) is 14.6. The van der Waals surface area contributed by atoms with Gasteiger partial charge in [-0.3, -0.25) is 4.98 Å². The number of hydrogen-bond acceptors (Lipinski definition) is 4. The van der Waals surface area contributed by atoms with Crippen LogP contribution in [0.4, 0.5) is 9.18 Å². The first kappa shape index (κ1) is 18.1. The van der Waals surface area contributed by atoms with Crippen molar-refractivity contribution >= 4 is 6.03 Å². The van der Waals surface area contributed by atoms with Gasteiger partial charge in [0.1, 0.15) is 18.1 Å². The molecule has 1 aliphatic rings. The zero-order valence-electron chi connectivity index (χ0n) is 14.6. The summed E-state index contributed by atoms with van der Waals surface area (Å²) >= 11 is 0. The highest BCUT2D eigenvalue weighted by atomic mass is 19.1. The summed E-state index contributed by atoms with van der Waals surface area (Å²) in [5.41, 5.74) is 6.04. The maximum absolute atomic E-state index is 13.4. The van der Waals surface area contributed by atoms with E-state index < -0.39 is 11.6 Å². The largest absolute Gasteiger partial charge is 0.471 e. The van der Waals surface area contributed by atoms with E-state index in [1.165, 1.54) is 12.1 Å². The molecule has 0 saturated heterocycles. The lowest BCUT2D eigenvalue weighted by atomic mass is 9.86. The molecule has 1 saturated carbocycles. The third-order valence-electron chi connectivity index (χ3n) is 4.70. The summed E-state index contributed by atoms with van der Waals surface area (Å²) in [6.07, 6.45) is 8.69. The maximum Gasteiger partial charge on any atom is 0.312 e. The first-order valence-electron chi connectivity index (χ1n) is 8.85. The van der Waals surface area contributed by atoms with Gasteiger partial charge >= 0.3 is 6.03 Å². The minimum absolute atomic E-state index is 0.163. The van der Waals surface area contributed by atoms with Crippen LogP contribution in [0.25, 0.3) is 0 Å². The third-order valence-corrected chi connectivity index (χ3v) is 4.70. The van der Waals surface area contributed by atoms with Crippen LogP contribution in [-0.2, 0) is 12.1 Å². The Bertz CT molecular complexity index is 761. The molecule has 0 aliphatic heterocycles. The van der Waals surface area contributed by atoms with Gasteiger partial charge in [-0.25, -0.2) is 14.2 Å². The predicted octanol–water partition coefficient (Wildman–Crippen LogP) is 3.41. The van der Waals surface area contributed by atoms with E-state index in [4.69, 9.17) is 10.5 Å². The quantitative estimate of drug-likeness (QED) is 0.802. The van der Waals surface area contributed by atoms with E-state index in [0.29, 0.717) is 17.1 Å². The van der Waals surface area contributed by atoms with Crippen LogP contribution in [0.2, 0.25) is 0 Å². The van der Waals surface area contributed by atoms with Gasteiger partial charge in [0, 0.05) is 12.4 Å². The Morgan fingerprint density at radius 2 is 1.92 bits per heavy atom. The van der Waals surface area contributed by atoms with Crippen LogP contribution in [0, 0.1) is 5.82 Å². The fourth-order valence-corrected chi connectivity index (χ4v) is 3.53. The van der Waals surface area contributed by atoms with Crippen molar-refractivity contribution in [1.82, 2.24) is 15.3 Å². The monoisotopic (exact) mass is 358 g/mol. The Kier molecular flexibility index (Phi) is 5.65. The molecule has 0 bridgehead atoms. The number of aromatic nitrogens is 2. The molecule has 138 valence electrons. The Morgan fingerprint density at radius 1 is 1.19 bits per heavy atom. The molecule has 0 atom stereocenters. The second-order valence-electron chi connectivity index (χ2n) is 6.61. The van der Waals surface area contributed by atoms with Crippen molar-refractivity contribution < 1.29 is 13.9 Å². The van der Waals surface area contributed by atoms with Crippen LogP contribution in [-0.4, -0.2) is 16.0 Å². The molecule has 1 fully saturated rings. The van der Waals surface area contributed by atoms with Gasteiger partial charge in [-0.15, -0.1) is 0 Å². The first-order valence-corrected chi connectivity index (χ1v) is 8.85. The van der Waals surface area contributed by atoms with Crippen LogP contribution in [0.15, 0.2) is 36.7 Å². The van der Waals surface area contributed by atoms with Crippen molar-refractivity contribution in [2.24, 2.45) is 5.73 Å². The molecule has 1 aliphatic carbocycles. The van der Waals surface area contributed by atoms with E-state index in [0.717, 1.165) is 38.5 Å². The molecule has 26 heavy (non-hydrogen) atoms. The number of halogens is 1. The molecule has 7 heteroatoms. The van der Waals surface area contributed by atoms with Gasteiger partial charge < -0.3 is 15.8 Å². The maximum atomic E-state index is 13.4. The second-order valence-corrected chi connectivity index (χ2v) is 6.61. The molecule has 0 spiro atoms. The molecule has 1 aromatic heterocycles. The number of nitrogens with one attached hydrogen (secondary N) is 1. The average Bonchev–Trinajstić information content (AvgIpc) is 2.86. The lowest BCUT2D eigenvalue weighted by molar-refractivity contribution is 0.216. The number of urea groups is 1. The average molecular weight is 358 g/mol. The van der Waals surface area contributed by atoms with Gasteiger partial charge in [0.15, 0.2) is 0 Å². The number of benzene rings is 1. The highest BCUT2D eigenvalue weighted by molar-refractivity contribution is 5.73. The molecule has 6 nitrogen and oxygen atoms in total. The Hall–Kier alpha value is -2.70. The summed E-state index contributed by atoms with van der Waals surface area (Å²) in [6.45, 7) is 0.163. The number of carbonyl (C=O) groups is 1. The predicted molar refractivity (Wildman–Crippen MR) is 94.9 cm³/mol. The number of rotatable bonds is 5. The van der Waals surface area contributed by atoms with Crippen LogP contribution in [0.5, 0.6) is 5.88 Å². The Balaban J connectivity index is 1.89. The van der Waals surface area contributed by atoms with Crippen LogP contribution < -0.4 is 15.8 Å². The minimum atomic E-state index is -0.687. The zero-order chi connectivity index (χ0) is 18.4. The highest BCUT2D eigenvalue weighted by Gasteiger charge is 2.38. The van der Waals surface area contributed by atoms with Crippen molar-refractivity contribution in [2.75, 3.05) is 0 Å². The van der Waals surface area contributed by atoms with E-state index in [2.05, 4.69) is 15.3 Å². The molecule has 3 N–H and O–H groups in total. The first-order chi connectivity index (χ1) is 12.6. The van der Waals surface area contributed by atoms with E-state index >= 15 is 0 Å². The van der Waals surface area contributed by atoms with Crippen molar-refractivity contribution in [1.29, 1.82) is 0 Å². The molecular formula is C19H23FN4O2. The Morgan fingerprint density at radius 3 is 2.62 bits per heavy atom. The molecule has 0 unspecified atom stereocenters. The normalized spacial score (nSPS) is 16.5. The number of carbonyl (C=O) groups excluding carboxylic acids is 1. The lowest BCUT2D eigenvalue weighted by Gasteiger charge is -2.33. The van der Waals surface area contributed by atoms with Crippen LogP contribution in [0.1, 0.15) is 49.8 Å². The number of primary amides is 1. The van der Waals surface area contributed by atoms with Gasteiger partial charge in [-0.1, -0.05) is 37.8 Å². The molecule has 2 amide bonds. The molecule has 1 aromatic carbocycles. The van der Waals surface area contributed by atoms with Gasteiger partial charge in [0.25, 0.3) is 0 Å². The number of hydrogen-bond donors (Lipinski definition) is 2. The number of nitrogens with zero attached hydrogens (tertiary/aromatic N) is 2. The van der Waals surface area contributed by atoms with Gasteiger partial charge in [0.05, 0.1) is 5.54 Å². The summed E-state index contributed by atoms with van der Waals surface area (Å²) in [6, 6.07) is 5.62. The topological polar surface area (TPSA) is 90.1 Å². The number of amides is 2. The van der Waals surface area contributed by atoms with Gasteiger partial charge in [-0.2, -0.15) is 0 Å². The minimum Gasteiger partial charge on any atom is -0.471 e. The Labute approximate surface area is 152 Å². The SMILES string of the molecule is NC(=O)NC1(c2nccnc2OCc2cccc(F)c2)CCCCCC1. The second kappa shape index (κ2) is 8.12. The molecular weight excluding hydrogens is 335 g/mol. The lowest BCUT2D eigenvalue weighted by Crippen LogP contribution is -2.48. The van der Waals surface area contributed by atoms with Crippen LogP contribution >= 0.6 is 0 Å². The van der Waals surface area contributed by atoms with Gasteiger partial charge in [-0.05, 0) is 30.5 Å². The summed E-state index contributed by atoms with van der Waals surface area (Å²) < 4.78 is 19.2. The fraction of sp³-hybridized carbons (Fsp3) is 0.421. The van der Waals surface area contributed by atoms with Crippen molar-refractivity contribution in [3.63, 3.8) is 0 Å². The summed E-state index contributed by atoms with van der Waals surface area (Å²) in [5.74, 6) is 0.0218. The molecule has 0 radical (unpaired) electrons. The van der Waals surface area contributed by atoms with E-state index in [1.807, 2.05) is 0 Å². The summed E-state index contributed by atoms with van der Waals surface area (Å²) in [4.78, 5) is 20.4. The van der Waals surface area contributed by atoms with Crippen molar-refractivity contribution in [3.05, 3.63) is 53.7 Å². The van der Waals surface area contributed by atoms with E-state index in [9.17, 15) is 9.18 Å².